The molecular formula is C17H15ClO4S. The third-order valence-corrected chi connectivity index (χ3v) is 7.11. The van der Waals surface area contributed by atoms with Crippen molar-refractivity contribution in [3.8, 4) is 0 Å². The molecule has 4 nitrogen and oxygen atoms in total. The molecule has 0 radical (unpaired) electrons. The number of halogens is 1. The second-order valence-corrected chi connectivity index (χ2v) is 8.41. The summed E-state index contributed by atoms with van der Waals surface area (Å²) in [5.41, 5.74) is 2.08. The summed E-state index contributed by atoms with van der Waals surface area (Å²) in [6, 6.07) is 11.8. The molecule has 1 heterocycles. The fourth-order valence-corrected chi connectivity index (χ4v) is 6.18. The molecule has 1 atom stereocenters. The fraction of sp³-hybridized carbons (Fsp3) is 0.235. The van der Waals surface area contributed by atoms with Crippen molar-refractivity contribution in [2.45, 2.75) is 30.6 Å². The lowest BCUT2D eigenvalue weighted by Gasteiger charge is -2.26. The summed E-state index contributed by atoms with van der Waals surface area (Å²) in [6.45, 7) is 0. The molecule has 23 heavy (non-hydrogen) atoms. The quantitative estimate of drug-likeness (QED) is 0.768. The normalized spacial score (nSPS) is 20.9. The molecule has 1 aliphatic carbocycles. The molecule has 1 unspecified atom stereocenters. The van der Waals surface area contributed by atoms with E-state index in [0.29, 0.717) is 0 Å². The standard InChI is InChI=1S/C17H15ClO4S/c19-18(20,21)22-23-16-8-4-2-6-13(16)11-14-10-9-12-5-1-3-7-15(12)17(14)23/h1,3,5,7,9-11H,2,4,6,8H2. The van der Waals surface area contributed by atoms with Crippen LogP contribution in [0, 0.1) is 10.2 Å². The number of fused-ring (bicyclic) bond motifs is 4. The summed E-state index contributed by atoms with van der Waals surface area (Å²) in [6.07, 6.45) is 5.89. The van der Waals surface area contributed by atoms with Gasteiger partial charge in [0.15, 0.2) is 0 Å². The van der Waals surface area contributed by atoms with Gasteiger partial charge in [-0.1, -0.05) is 36.4 Å². The van der Waals surface area contributed by atoms with Crippen LogP contribution in [0.2, 0.25) is 0 Å². The Balaban J connectivity index is 2.02. The lowest BCUT2D eigenvalue weighted by atomic mass is 9.92. The van der Waals surface area contributed by atoms with Crippen LogP contribution in [-0.4, -0.2) is 4.86 Å². The smallest absolute Gasteiger partial charge is 0.144 e. The van der Waals surface area contributed by atoms with Crippen molar-refractivity contribution in [2.24, 2.45) is 0 Å². The average molecular weight is 351 g/mol. The molecular weight excluding hydrogens is 336 g/mol. The van der Waals surface area contributed by atoms with Crippen LogP contribution in [0.25, 0.3) is 16.8 Å². The van der Waals surface area contributed by atoms with Crippen molar-refractivity contribution in [3.05, 3.63) is 47.5 Å². The van der Waals surface area contributed by atoms with Crippen LogP contribution in [0.3, 0.4) is 0 Å². The summed E-state index contributed by atoms with van der Waals surface area (Å²) in [4.78, 5) is 1.78. The number of hydrogen-bond donors (Lipinski definition) is 0. The number of rotatable bonds is 2. The molecule has 0 aromatic heterocycles. The molecule has 1 fully saturated rings. The fourth-order valence-electron chi connectivity index (χ4n) is 3.30. The van der Waals surface area contributed by atoms with Gasteiger partial charge in [-0.25, -0.2) is 0 Å². The highest BCUT2D eigenvalue weighted by Crippen LogP contribution is 2.47. The number of allylic oxidation sites excluding steroid dienone is 1. The van der Waals surface area contributed by atoms with Crippen LogP contribution in [0.5, 0.6) is 0 Å². The molecule has 2 aliphatic rings. The summed E-state index contributed by atoms with van der Waals surface area (Å²) >= 11 is 0. The minimum atomic E-state index is -4.48. The zero-order valence-electron chi connectivity index (χ0n) is 12.3. The Hall–Kier alpha value is -1.21. The lowest BCUT2D eigenvalue weighted by molar-refractivity contribution is -1.91. The van der Waals surface area contributed by atoms with E-state index >= 15 is 0 Å². The molecule has 0 N–H and O–H groups in total. The molecule has 4 rings (SSSR count). The Morgan fingerprint density at radius 2 is 1.74 bits per heavy atom. The van der Waals surface area contributed by atoms with Crippen molar-refractivity contribution < 1.29 is 28.0 Å². The first-order valence-corrected chi connectivity index (χ1v) is 9.85. The molecule has 1 aliphatic heterocycles. The Labute approximate surface area is 138 Å². The third-order valence-electron chi connectivity index (χ3n) is 4.25. The summed E-state index contributed by atoms with van der Waals surface area (Å²) in [5.74, 6) is 0. The van der Waals surface area contributed by atoms with Gasteiger partial charge in [-0.2, -0.15) is 14.0 Å². The van der Waals surface area contributed by atoms with E-state index in [1.165, 1.54) is 0 Å². The van der Waals surface area contributed by atoms with E-state index in [1.54, 1.807) is 0 Å². The van der Waals surface area contributed by atoms with Crippen LogP contribution in [0.15, 0.2) is 46.9 Å². The maximum atomic E-state index is 11.3. The molecule has 2 aromatic carbocycles. The maximum absolute atomic E-state index is 11.3. The highest BCUT2D eigenvalue weighted by Gasteiger charge is 2.34. The number of benzene rings is 2. The highest BCUT2D eigenvalue weighted by atomic mass is 35.7. The largest absolute Gasteiger partial charge is 0.182 e. The van der Waals surface area contributed by atoms with Crippen molar-refractivity contribution in [1.82, 2.24) is 0 Å². The monoisotopic (exact) mass is 350 g/mol. The van der Waals surface area contributed by atoms with E-state index in [4.69, 9.17) is 3.74 Å². The molecule has 0 saturated heterocycles. The van der Waals surface area contributed by atoms with Crippen LogP contribution >= 0.6 is 10.8 Å². The van der Waals surface area contributed by atoms with Crippen molar-refractivity contribution in [3.63, 3.8) is 0 Å². The molecule has 0 bridgehead atoms. The van der Waals surface area contributed by atoms with Gasteiger partial charge in [0.2, 0.25) is 0 Å². The molecule has 1 saturated carbocycles. The topological polar surface area (TPSA) is 78.4 Å². The predicted octanol–water partition coefficient (Wildman–Crippen LogP) is 1.44. The van der Waals surface area contributed by atoms with E-state index in [1.807, 2.05) is 36.4 Å². The first-order chi connectivity index (χ1) is 11.0. The Kier molecular flexibility index (Phi) is 3.80. The first-order valence-electron chi connectivity index (χ1n) is 7.46. The van der Waals surface area contributed by atoms with Gasteiger partial charge in [-0.3, -0.25) is 0 Å². The molecule has 2 aromatic rings. The lowest BCUT2D eigenvalue weighted by Crippen LogP contribution is -2.60. The zero-order chi connectivity index (χ0) is 16.0. The number of hydrogen-bond acceptors (Lipinski definition) is 4. The molecule has 6 heteroatoms. The SMILES string of the molecule is [O-][Cl+3]([O-])([O-])OS1=C2CCCCC2=Cc2ccc3ccccc3c21. The summed E-state index contributed by atoms with van der Waals surface area (Å²) in [5, 5.41) is 1.96. The first kappa shape index (κ1) is 15.3. The zero-order valence-corrected chi connectivity index (χ0v) is 13.9. The van der Waals surface area contributed by atoms with Gasteiger partial charge >= 0.3 is 0 Å². The highest BCUT2D eigenvalue weighted by molar-refractivity contribution is 8.12. The van der Waals surface area contributed by atoms with Gasteiger partial charge in [-0.15, -0.1) is 0 Å². The molecule has 0 spiro atoms. The molecule has 120 valence electrons. The van der Waals surface area contributed by atoms with Crippen LogP contribution in [0.4, 0.5) is 0 Å². The van der Waals surface area contributed by atoms with Gasteiger partial charge in [0.1, 0.15) is 14.5 Å². The van der Waals surface area contributed by atoms with E-state index < -0.39 is 21.0 Å². The van der Waals surface area contributed by atoms with Gasteiger partial charge in [0.25, 0.3) is 0 Å². The Bertz CT molecular complexity index is 851. The Morgan fingerprint density at radius 3 is 2.57 bits per heavy atom. The van der Waals surface area contributed by atoms with Crippen LogP contribution in [-0.2, 0) is 3.74 Å². The van der Waals surface area contributed by atoms with Gasteiger partial charge in [0, 0.05) is 4.86 Å². The summed E-state index contributed by atoms with van der Waals surface area (Å²) < 4.78 is 38.9. The van der Waals surface area contributed by atoms with Crippen molar-refractivity contribution in [2.75, 3.05) is 0 Å². The van der Waals surface area contributed by atoms with E-state index in [0.717, 1.165) is 57.4 Å². The van der Waals surface area contributed by atoms with E-state index in [-0.39, 0.29) is 0 Å². The molecule has 0 amide bonds. The Morgan fingerprint density at radius 1 is 0.957 bits per heavy atom. The van der Waals surface area contributed by atoms with Crippen LogP contribution in [0.1, 0.15) is 31.2 Å². The van der Waals surface area contributed by atoms with Gasteiger partial charge in [0.05, 0.1) is 15.1 Å². The van der Waals surface area contributed by atoms with Crippen molar-refractivity contribution >= 4 is 32.5 Å². The average Bonchev–Trinajstić information content (AvgIpc) is 2.53. The predicted molar refractivity (Wildman–Crippen MR) is 82.3 cm³/mol. The minimum absolute atomic E-state index is 0.780. The van der Waals surface area contributed by atoms with Gasteiger partial charge < -0.3 is 0 Å². The maximum Gasteiger partial charge on any atom is 0.144 e. The third kappa shape index (κ3) is 2.85. The van der Waals surface area contributed by atoms with Gasteiger partial charge in [-0.05, 0) is 53.7 Å². The van der Waals surface area contributed by atoms with E-state index in [9.17, 15) is 14.0 Å². The summed E-state index contributed by atoms with van der Waals surface area (Å²) in [7, 11) is -5.62. The minimum Gasteiger partial charge on any atom is -0.182 e. The second-order valence-electron chi connectivity index (χ2n) is 5.71. The van der Waals surface area contributed by atoms with E-state index in [2.05, 4.69) is 6.08 Å². The van der Waals surface area contributed by atoms with Crippen molar-refractivity contribution in [1.29, 1.82) is 0 Å². The second kappa shape index (κ2) is 5.70. The van der Waals surface area contributed by atoms with Crippen LogP contribution < -0.4 is 14.0 Å².